The molecule has 0 aliphatic rings. The van der Waals surface area contributed by atoms with Crippen molar-refractivity contribution in [1.82, 2.24) is 9.62 Å². The van der Waals surface area contributed by atoms with Gasteiger partial charge in [0.05, 0.1) is 11.4 Å². The zero-order chi connectivity index (χ0) is 19.3. The molecule has 2 aromatic rings. The lowest BCUT2D eigenvalue weighted by Crippen LogP contribution is -2.31. The first-order valence-corrected chi connectivity index (χ1v) is 9.44. The van der Waals surface area contributed by atoms with Gasteiger partial charge in [-0.3, -0.25) is 4.79 Å². The maximum atomic E-state index is 12.5. The summed E-state index contributed by atoms with van der Waals surface area (Å²) in [7, 11) is -3.66. The molecule has 8 nitrogen and oxygen atoms in total. The number of carbonyl (C=O) groups excluding carboxylic acids is 1. The number of carboxylic acids is 1. The van der Waals surface area contributed by atoms with Gasteiger partial charge in [-0.05, 0) is 30.3 Å². The van der Waals surface area contributed by atoms with Crippen LogP contribution in [0.5, 0.6) is 0 Å². The standard InChI is InChI=1S/C17H20N2O6S/c1-3-19(4-2)26(23,24)14-7-5-6-12(10-14)16(20)18-11-13-8-9-15(25-13)17(21)22/h5-10H,3-4,11H2,1-2H3,(H,18,20)(H,21,22). The number of carboxylic acid groups (broad SMARTS) is 1. The lowest BCUT2D eigenvalue weighted by molar-refractivity contribution is 0.0660. The fraction of sp³-hybridized carbons (Fsp3) is 0.294. The highest BCUT2D eigenvalue weighted by Gasteiger charge is 2.22. The number of aromatic carboxylic acids is 1. The van der Waals surface area contributed by atoms with Crippen molar-refractivity contribution in [3.05, 3.63) is 53.5 Å². The fourth-order valence-electron chi connectivity index (χ4n) is 2.37. The number of carbonyl (C=O) groups is 2. The molecule has 0 radical (unpaired) electrons. The zero-order valence-corrected chi connectivity index (χ0v) is 15.2. The van der Waals surface area contributed by atoms with Crippen LogP contribution in [0.25, 0.3) is 0 Å². The van der Waals surface area contributed by atoms with Crippen molar-refractivity contribution in [2.45, 2.75) is 25.3 Å². The number of benzene rings is 1. The van der Waals surface area contributed by atoms with E-state index in [1.54, 1.807) is 13.8 Å². The van der Waals surface area contributed by atoms with Crippen LogP contribution in [0.15, 0.2) is 45.7 Å². The number of nitrogens with zero attached hydrogens (tertiary/aromatic N) is 1. The van der Waals surface area contributed by atoms with Crippen molar-refractivity contribution < 1.29 is 27.5 Å². The van der Waals surface area contributed by atoms with E-state index in [-0.39, 0.29) is 28.5 Å². The number of rotatable bonds is 8. The third kappa shape index (κ3) is 4.30. The Morgan fingerprint density at radius 3 is 2.42 bits per heavy atom. The predicted molar refractivity (Wildman–Crippen MR) is 93.4 cm³/mol. The second kappa shape index (κ2) is 8.15. The smallest absolute Gasteiger partial charge is 0.371 e. The Morgan fingerprint density at radius 1 is 1.15 bits per heavy atom. The van der Waals surface area contributed by atoms with Crippen molar-refractivity contribution >= 4 is 21.9 Å². The summed E-state index contributed by atoms with van der Waals surface area (Å²) in [5.74, 6) is -1.63. The molecule has 26 heavy (non-hydrogen) atoms. The number of nitrogens with one attached hydrogen (secondary N) is 1. The molecule has 0 aliphatic heterocycles. The van der Waals surface area contributed by atoms with E-state index >= 15 is 0 Å². The molecule has 0 unspecified atom stereocenters. The summed E-state index contributed by atoms with van der Waals surface area (Å²) in [6.07, 6.45) is 0. The third-order valence-electron chi connectivity index (χ3n) is 3.74. The van der Waals surface area contributed by atoms with Crippen LogP contribution >= 0.6 is 0 Å². The lowest BCUT2D eigenvalue weighted by atomic mass is 10.2. The Kier molecular flexibility index (Phi) is 6.17. The van der Waals surface area contributed by atoms with Crippen molar-refractivity contribution in [2.24, 2.45) is 0 Å². The van der Waals surface area contributed by atoms with Crippen LogP contribution in [0.1, 0.15) is 40.5 Å². The number of hydrogen-bond donors (Lipinski definition) is 2. The molecule has 2 rings (SSSR count). The van der Waals surface area contributed by atoms with Crippen molar-refractivity contribution in [3.63, 3.8) is 0 Å². The normalized spacial score (nSPS) is 11.5. The van der Waals surface area contributed by atoms with E-state index in [0.29, 0.717) is 13.1 Å². The largest absolute Gasteiger partial charge is 0.475 e. The molecule has 0 saturated carbocycles. The summed E-state index contributed by atoms with van der Waals surface area (Å²) in [6.45, 7) is 4.14. The summed E-state index contributed by atoms with van der Waals surface area (Å²) >= 11 is 0. The molecular formula is C17H20N2O6S. The number of amides is 1. The van der Waals surface area contributed by atoms with Crippen molar-refractivity contribution in [1.29, 1.82) is 0 Å². The fourth-order valence-corrected chi connectivity index (χ4v) is 3.87. The van der Waals surface area contributed by atoms with E-state index in [1.165, 1.54) is 40.7 Å². The van der Waals surface area contributed by atoms with Gasteiger partial charge in [0.15, 0.2) is 0 Å². The second-order valence-corrected chi connectivity index (χ2v) is 7.31. The second-order valence-electron chi connectivity index (χ2n) is 5.37. The maximum absolute atomic E-state index is 12.5. The first-order valence-electron chi connectivity index (χ1n) is 8.00. The number of hydrogen-bond acceptors (Lipinski definition) is 5. The average Bonchev–Trinajstić information content (AvgIpc) is 3.10. The van der Waals surface area contributed by atoms with Gasteiger partial charge in [-0.1, -0.05) is 19.9 Å². The van der Waals surface area contributed by atoms with Crippen LogP contribution < -0.4 is 5.32 Å². The summed E-state index contributed by atoms with van der Waals surface area (Å²) < 4.78 is 31.4. The lowest BCUT2D eigenvalue weighted by Gasteiger charge is -2.18. The molecule has 1 aromatic heterocycles. The summed E-state index contributed by atoms with van der Waals surface area (Å²) in [5.41, 5.74) is 0.184. The minimum atomic E-state index is -3.66. The van der Waals surface area contributed by atoms with E-state index in [0.717, 1.165) is 0 Å². The molecule has 0 saturated heterocycles. The van der Waals surface area contributed by atoms with Gasteiger partial charge in [-0.25, -0.2) is 13.2 Å². The van der Waals surface area contributed by atoms with Crippen LogP contribution in [0.2, 0.25) is 0 Å². The maximum Gasteiger partial charge on any atom is 0.371 e. The van der Waals surface area contributed by atoms with Gasteiger partial charge in [0.25, 0.3) is 5.91 Å². The highest BCUT2D eigenvalue weighted by atomic mass is 32.2. The minimum Gasteiger partial charge on any atom is -0.475 e. The first-order chi connectivity index (χ1) is 12.3. The van der Waals surface area contributed by atoms with Crippen molar-refractivity contribution in [2.75, 3.05) is 13.1 Å². The van der Waals surface area contributed by atoms with Crippen LogP contribution in [0.3, 0.4) is 0 Å². The van der Waals surface area contributed by atoms with Gasteiger partial charge in [-0.2, -0.15) is 4.31 Å². The van der Waals surface area contributed by atoms with Gasteiger partial charge in [0, 0.05) is 18.7 Å². The van der Waals surface area contributed by atoms with Gasteiger partial charge < -0.3 is 14.8 Å². The molecule has 1 heterocycles. The third-order valence-corrected chi connectivity index (χ3v) is 5.78. The zero-order valence-electron chi connectivity index (χ0n) is 14.4. The monoisotopic (exact) mass is 380 g/mol. The molecule has 140 valence electrons. The molecule has 1 amide bonds. The minimum absolute atomic E-state index is 0.0147. The molecule has 0 spiro atoms. The molecule has 1 aromatic carbocycles. The van der Waals surface area contributed by atoms with E-state index in [4.69, 9.17) is 9.52 Å². The predicted octanol–water partition coefficient (Wildman–Crippen LogP) is 1.94. The first kappa shape index (κ1) is 19.7. The molecule has 0 fully saturated rings. The summed E-state index contributed by atoms with van der Waals surface area (Å²) in [6, 6.07) is 8.50. The summed E-state index contributed by atoms with van der Waals surface area (Å²) in [4.78, 5) is 23.1. The van der Waals surface area contributed by atoms with Crippen LogP contribution in [0.4, 0.5) is 0 Å². The molecule has 2 N–H and O–H groups in total. The van der Waals surface area contributed by atoms with E-state index in [2.05, 4.69) is 5.32 Å². The SMILES string of the molecule is CCN(CC)S(=O)(=O)c1cccc(C(=O)NCc2ccc(C(=O)O)o2)c1. The Balaban J connectivity index is 2.13. The van der Waals surface area contributed by atoms with Crippen LogP contribution in [0, 0.1) is 0 Å². The highest BCUT2D eigenvalue weighted by molar-refractivity contribution is 7.89. The van der Waals surface area contributed by atoms with Crippen molar-refractivity contribution in [3.8, 4) is 0 Å². The van der Waals surface area contributed by atoms with Gasteiger partial charge in [-0.15, -0.1) is 0 Å². The number of furan rings is 1. The topological polar surface area (TPSA) is 117 Å². The highest BCUT2D eigenvalue weighted by Crippen LogP contribution is 2.17. The van der Waals surface area contributed by atoms with Crippen LogP contribution in [-0.2, 0) is 16.6 Å². The molecule has 9 heteroatoms. The van der Waals surface area contributed by atoms with Crippen LogP contribution in [-0.4, -0.2) is 42.8 Å². The summed E-state index contributed by atoms with van der Waals surface area (Å²) in [5, 5.41) is 11.4. The van der Waals surface area contributed by atoms with E-state index in [1.807, 2.05) is 0 Å². The van der Waals surface area contributed by atoms with E-state index < -0.39 is 21.9 Å². The molecule has 0 atom stereocenters. The Hall–Kier alpha value is -2.65. The Labute approximate surface area is 151 Å². The average molecular weight is 380 g/mol. The van der Waals surface area contributed by atoms with E-state index in [9.17, 15) is 18.0 Å². The Morgan fingerprint density at radius 2 is 1.85 bits per heavy atom. The molecule has 0 aliphatic carbocycles. The Bertz CT molecular complexity index is 899. The number of sulfonamides is 1. The molecule has 0 bridgehead atoms. The van der Waals surface area contributed by atoms with Gasteiger partial charge >= 0.3 is 5.97 Å². The van der Waals surface area contributed by atoms with Gasteiger partial charge in [0.1, 0.15) is 5.76 Å². The molecular weight excluding hydrogens is 360 g/mol. The van der Waals surface area contributed by atoms with Gasteiger partial charge in [0.2, 0.25) is 15.8 Å². The quantitative estimate of drug-likeness (QED) is 0.723.